The molecule has 0 aromatic heterocycles. The summed E-state index contributed by atoms with van der Waals surface area (Å²) in [6, 6.07) is 0. The van der Waals surface area contributed by atoms with Crippen LogP contribution in [0.4, 0.5) is 0 Å². The molecule has 0 atom stereocenters. The first-order chi connectivity index (χ1) is 7.79. The molecule has 0 spiro atoms. The van der Waals surface area contributed by atoms with E-state index in [9.17, 15) is 0 Å². The van der Waals surface area contributed by atoms with Crippen LogP contribution in [0.2, 0.25) is 0 Å². The summed E-state index contributed by atoms with van der Waals surface area (Å²) in [5, 5.41) is 5.99. The van der Waals surface area contributed by atoms with Crippen LogP contribution in [0.25, 0.3) is 0 Å². The molecule has 4 heteroatoms. The lowest BCUT2D eigenvalue weighted by molar-refractivity contribution is 1.15. The number of nitrogens with zero attached hydrogens (tertiary/aromatic N) is 2. The molecule has 0 saturated heterocycles. The quantitative estimate of drug-likeness (QED) is 0.651. The van der Waals surface area contributed by atoms with Crippen molar-refractivity contribution in [3.05, 3.63) is 48.3 Å². The van der Waals surface area contributed by atoms with E-state index >= 15 is 0 Å². The molecular formula is C12H16N4. The maximum Gasteiger partial charge on any atom is 0.0428 e. The fraction of sp³-hybridized carbons (Fsp3) is 0.167. The van der Waals surface area contributed by atoms with Crippen molar-refractivity contribution < 1.29 is 0 Å². The zero-order chi connectivity index (χ0) is 11.6. The number of aliphatic imine (C=N–C) groups is 2. The molecule has 0 fully saturated rings. The van der Waals surface area contributed by atoms with Crippen LogP contribution in [0.5, 0.6) is 0 Å². The van der Waals surface area contributed by atoms with Gasteiger partial charge in [-0.15, -0.1) is 0 Å². The van der Waals surface area contributed by atoms with Gasteiger partial charge in [0.1, 0.15) is 0 Å². The molecule has 0 aliphatic carbocycles. The van der Waals surface area contributed by atoms with Gasteiger partial charge in [-0.1, -0.05) is 0 Å². The summed E-state index contributed by atoms with van der Waals surface area (Å²) >= 11 is 0. The highest BCUT2D eigenvalue weighted by Gasteiger charge is 1.81. The number of hydrogen-bond donors (Lipinski definition) is 2. The van der Waals surface area contributed by atoms with E-state index in [1.54, 1.807) is 37.2 Å². The van der Waals surface area contributed by atoms with Crippen molar-refractivity contribution in [1.29, 1.82) is 0 Å². The summed E-state index contributed by atoms with van der Waals surface area (Å²) in [4.78, 5) is 8.20. The molecule has 1 aliphatic heterocycles. The third kappa shape index (κ3) is 5.59. The van der Waals surface area contributed by atoms with Crippen LogP contribution in [0.3, 0.4) is 0 Å². The Morgan fingerprint density at radius 2 is 1.25 bits per heavy atom. The Morgan fingerprint density at radius 3 is 1.69 bits per heavy atom. The Kier molecular flexibility index (Phi) is 5.41. The minimum absolute atomic E-state index is 1.03. The lowest BCUT2D eigenvalue weighted by atomic mass is 10.3. The highest BCUT2D eigenvalue weighted by atomic mass is 14.8. The Hall–Kier alpha value is -2.10. The molecule has 0 saturated carbocycles. The summed E-state index contributed by atoms with van der Waals surface area (Å²) in [5.74, 6) is 0. The van der Waals surface area contributed by atoms with Gasteiger partial charge in [-0.05, 0) is 25.0 Å². The van der Waals surface area contributed by atoms with Crippen LogP contribution in [-0.4, -0.2) is 12.4 Å². The Bertz CT molecular complexity index is 346. The minimum Gasteiger partial charge on any atom is -0.366 e. The van der Waals surface area contributed by atoms with E-state index in [4.69, 9.17) is 0 Å². The van der Waals surface area contributed by atoms with Gasteiger partial charge in [-0.2, -0.15) is 0 Å². The number of rotatable bonds is 0. The van der Waals surface area contributed by atoms with Gasteiger partial charge in [0, 0.05) is 49.6 Å². The maximum atomic E-state index is 4.10. The molecule has 0 aromatic carbocycles. The molecule has 0 radical (unpaired) electrons. The van der Waals surface area contributed by atoms with Crippen LogP contribution in [0.1, 0.15) is 13.8 Å². The Labute approximate surface area is 95.9 Å². The summed E-state index contributed by atoms with van der Waals surface area (Å²) in [6.45, 7) is 3.93. The highest BCUT2D eigenvalue weighted by molar-refractivity contribution is 5.78. The molecule has 0 amide bonds. The van der Waals surface area contributed by atoms with Crippen molar-refractivity contribution in [1.82, 2.24) is 10.6 Å². The Morgan fingerprint density at radius 1 is 0.812 bits per heavy atom. The zero-order valence-electron chi connectivity index (χ0n) is 9.51. The average Bonchev–Trinajstić information content (AvgIpc) is 2.27. The summed E-state index contributed by atoms with van der Waals surface area (Å²) in [5.41, 5.74) is 2.06. The molecule has 1 rings (SSSR count). The molecule has 84 valence electrons. The van der Waals surface area contributed by atoms with Crippen LogP contribution < -0.4 is 10.6 Å². The summed E-state index contributed by atoms with van der Waals surface area (Å²) in [7, 11) is 0. The fourth-order valence-electron chi connectivity index (χ4n) is 0.927. The third-order valence-electron chi connectivity index (χ3n) is 1.69. The summed E-state index contributed by atoms with van der Waals surface area (Å²) in [6.07, 6.45) is 14.2. The second-order valence-electron chi connectivity index (χ2n) is 3.30. The third-order valence-corrected chi connectivity index (χ3v) is 1.69. The SMILES string of the molecule is CC1=CNC=CN=CC(C)=CNC=CN=C1. The molecule has 16 heavy (non-hydrogen) atoms. The molecular weight excluding hydrogens is 200 g/mol. The molecule has 1 heterocycles. The Balaban J connectivity index is 2.74. The largest absolute Gasteiger partial charge is 0.366 e. The van der Waals surface area contributed by atoms with Crippen LogP contribution in [-0.2, 0) is 0 Å². The topological polar surface area (TPSA) is 48.8 Å². The van der Waals surface area contributed by atoms with E-state index in [1.807, 2.05) is 26.2 Å². The van der Waals surface area contributed by atoms with Crippen LogP contribution >= 0.6 is 0 Å². The van der Waals surface area contributed by atoms with Crippen molar-refractivity contribution >= 4 is 12.4 Å². The monoisotopic (exact) mass is 216 g/mol. The fourth-order valence-corrected chi connectivity index (χ4v) is 0.927. The van der Waals surface area contributed by atoms with Crippen molar-refractivity contribution in [2.75, 3.05) is 0 Å². The standard InChI is InChI=1S/C12H16N4/c1-11-7-13-3-5-15-9-12(2)10-16-6-4-14-8-11/h3-10,13,16H,1-2H3. The second-order valence-corrected chi connectivity index (χ2v) is 3.30. The molecule has 0 bridgehead atoms. The van der Waals surface area contributed by atoms with Gasteiger partial charge in [0.25, 0.3) is 0 Å². The van der Waals surface area contributed by atoms with Crippen molar-refractivity contribution in [2.24, 2.45) is 9.98 Å². The first-order valence-electron chi connectivity index (χ1n) is 5.01. The molecule has 0 unspecified atom stereocenters. The predicted octanol–water partition coefficient (Wildman–Crippen LogP) is 2.07. The van der Waals surface area contributed by atoms with Gasteiger partial charge < -0.3 is 10.6 Å². The number of hydrogen-bond acceptors (Lipinski definition) is 4. The maximum absolute atomic E-state index is 4.10. The average molecular weight is 216 g/mol. The van der Waals surface area contributed by atoms with Gasteiger partial charge in [-0.3, -0.25) is 9.98 Å². The molecule has 4 nitrogen and oxygen atoms in total. The summed E-state index contributed by atoms with van der Waals surface area (Å²) < 4.78 is 0. The van der Waals surface area contributed by atoms with E-state index in [0.717, 1.165) is 11.1 Å². The van der Waals surface area contributed by atoms with Gasteiger partial charge in [0.05, 0.1) is 0 Å². The number of allylic oxidation sites excluding steroid dienone is 2. The van der Waals surface area contributed by atoms with Gasteiger partial charge in [0.2, 0.25) is 0 Å². The van der Waals surface area contributed by atoms with Crippen LogP contribution in [0, 0.1) is 0 Å². The molecule has 0 aromatic rings. The van der Waals surface area contributed by atoms with Crippen molar-refractivity contribution in [3.8, 4) is 0 Å². The number of nitrogens with one attached hydrogen (secondary N) is 2. The second kappa shape index (κ2) is 7.23. The van der Waals surface area contributed by atoms with Gasteiger partial charge in [0.15, 0.2) is 0 Å². The van der Waals surface area contributed by atoms with Crippen LogP contribution in [0.15, 0.2) is 58.3 Å². The van der Waals surface area contributed by atoms with E-state index in [2.05, 4.69) is 20.6 Å². The van der Waals surface area contributed by atoms with E-state index in [0.29, 0.717) is 0 Å². The lowest BCUT2D eigenvalue weighted by Gasteiger charge is -1.94. The highest BCUT2D eigenvalue weighted by Crippen LogP contribution is 1.89. The normalized spacial score (nSPS) is 16.9. The predicted molar refractivity (Wildman–Crippen MR) is 69.0 cm³/mol. The van der Waals surface area contributed by atoms with Gasteiger partial charge >= 0.3 is 0 Å². The first kappa shape index (κ1) is 12.0. The van der Waals surface area contributed by atoms with E-state index < -0.39 is 0 Å². The molecule has 1 aliphatic rings. The lowest BCUT2D eigenvalue weighted by Crippen LogP contribution is -1.96. The minimum atomic E-state index is 1.03. The van der Waals surface area contributed by atoms with E-state index in [-0.39, 0.29) is 0 Å². The van der Waals surface area contributed by atoms with E-state index in [1.165, 1.54) is 0 Å². The van der Waals surface area contributed by atoms with Crippen molar-refractivity contribution in [3.63, 3.8) is 0 Å². The van der Waals surface area contributed by atoms with Crippen molar-refractivity contribution in [2.45, 2.75) is 13.8 Å². The van der Waals surface area contributed by atoms with Gasteiger partial charge in [-0.25, -0.2) is 0 Å². The smallest absolute Gasteiger partial charge is 0.0428 e. The zero-order valence-corrected chi connectivity index (χ0v) is 9.51. The molecule has 2 N–H and O–H groups in total. The first-order valence-corrected chi connectivity index (χ1v) is 5.01.